The molecule has 0 saturated carbocycles. The molecule has 0 aliphatic carbocycles. The van der Waals surface area contributed by atoms with Crippen molar-refractivity contribution in [1.29, 1.82) is 0 Å². The van der Waals surface area contributed by atoms with E-state index in [-0.39, 0.29) is 35.1 Å². The minimum atomic E-state index is -1.06. The number of rotatable bonds is 9. The predicted molar refractivity (Wildman–Crippen MR) is 114 cm³/mol. The average molecular weight is 478 g/mol. The van der Waals surface area contributed by atoms with E-state index in [0.717, 1.165) is 0 Å². The lowest BCUT2D eigenvalue weighted by Crippen LogP contribution is -1.99. The van der Waals surface area contributed by atoms with Crippen molar-refractivity contribution in [2.45, 2.75) is 25.7 Å². The Hall–Kier alpha value is -4.74. The molecule has 12 nitrogen and oxygen atoms in total. The molecule has 0 aromatic heterocycles. The first kappa shape index (κ1) is 29.3. The normalized spacial score (nSPS) is 9.29. The fourth-order valence-corrected chi connectivity index (χ4v) is 2.06. The molecule has 0 heterocycles. The molecule has 0 spiro atoms. The number of benzene rings is 2. The van der Waals surface area contributed by atoms with Gasteiger partial charge in [-0.3, -0.25) is 9.59 Å². The number of carbonyl (C=O) groups is 6. The first-order valence-corrected chi connectivity index (χ1v) is 9.42. The zero-order valence-electron chi connectivity index (χ0n) is 17.6. The Morgan fingerprint density at radius 1 is 0.412 bits per heavy atom. The Balaban J connectivity index is 0.000000484. The van der Waals surface area contributed by atoms with Crippen LogP contribution in [0.25, 0.3) is 0 Å². The van der Waals surface area contributed by atoms with Crippen LogP contribution >= 0.6 is 0 Å². The van der Waals surface area contributed by atoms with Gasteiger partial charge in [0, 0.05) is 12.8 Å². The smallest absolute Gasteiger partial charge is 0.335 e. The minimum absolute atomic E-state index is 0.0628. The monoisotopic (exact) mass is 478 g/mol. The van der Waals surface area contributed by atoms with Gasteiger partial charge >= 0.3 is 35.8 Å². The van der Waals surface area contributed by atoms with Crippen LogP contribution in [0, 0.1) is 0 Å². The first-order chi connectivity index (χ1) is 15.8. The zero-order valence-corrected chi connectivity index (χ0v) is 17.6. The van der Waals surface area contributed by atoms with Crippen molar-refractivity contribution < 1.29 is 59.4 Å². The summed E-state index contributed by atoms with van der Waals surface area (Å²) in [6.45, 7) is 0. The van der Waals surface area contributed by atoms with Gasteiger partial charge in [0.1, 0.15) is 0 Å². The van der Waals surface area contributed by atoms with Crippen LogP contribution < -0.4 is 0 Å². The van der Waals surface area contributed by atoms with E-state index in [4.69, 9.17) is 30.6 Å². The van der Waals surface area contributed by atoms with Crippen LogP contribution in [0.2, 0.25) is 0 Å². The standard InChI is InChI=1S/2C8H6O4.C6H10O4/c2*9-7(10)5-1-2-6(4-3-5)8(11)12;7-5(8)3-1-2-4-6(9)10/h2*1-4H,(H,9,10)(H,11,12);1-4H2,(H,7,8)(H,9,10). The third-order valence-corrected chi connectivity index (χ3v) is 3.79. The Morgan fingerprint density at radius 2 is 0.588 bits per heavy atom. The Labute approximate surface area is 192 Å². The van der Waals surface area contributed by atoms with Gasteiger partial charge in [-0.15, -0.1) is 0 Å². The third-order valence-electron chi connectivity index (χ3n) is 3.79. The summed E-state index contributed by atoms with van der Waals surface area (Å²) < 4.78 is 0. The lowest BCUT2D eigenvalue weighted by atomic mass is 10.1. The number of unbranched alkanes of at least 4 members (excludes halogenated alkanes) is 1. The van der Waals surface area contributed by atoms with Gasteiger partial charge in [0.2, 0.25) is 0 Å². The number of carboxylic acids is 6. The Bertz CT molecular complexity index is 858. The molecule has 0 bridgehead atoms. The quantitative estimate of drug-likeness (QED) is 0.286. The van der Waals surface area contributed by atoms with Crippen molar-refractivity contribution in [3.05, 3.63) is 70.8 Å². The molecule has 0 atom stereocenters. The van der Waals surface area contributed by atoms with E-state index in [1.54, 1.807) is 0 Å². The van der Waals surface area contributed by atoms with Gasteiger partial charge in [-0.25, -0.2) is 19.2 Å². The molecular weight excluding hydrogens is 456 g/mol. The summed E-state index contributed by atoms with van der Waals surface area (Å²) in [5, 5.41) is 50.1. The Kier molecular flexibility index (Phi) is 13.0. The molecule has 0 unspecified atom stereocenters. The van der Waals surface area contributed by atoms with Crippen molar-refractivity contribution in [2.75, 3.05) is 0 Å². The highest BCUT2D eigenvalue weighted by molar-refractivity contribution is 5.92. The second-order valence-electron chi connectivity index (χ2n) is 6.37. The van der Waals surface area contributed by atoms with Gasteiger partial charge in [-0.05, 0) is 61.4 Å². The summed E-state index contributed by atoms with van der Waals surface area (Å²) in [4.78, 5) is 61.1. The van der Waals surface area contributed by atoms with Crippen molar-refractivity contribution in [3.8, 4) is 0 Å². The summed E-state index contributed by atoms with van der Waals surface area (Å²) in [6, 6.07) is 10.0. The van der Waals surface area contributed by atoms with Gasteiger partial charge < -0.3 is 30.6 Å². The Morgan fingerprint density at radius 3 is 0.706 bits per heavy atom. The van der Waals surface area contributed by atoms with Gasteiger partial charge in [-0.2, -0.15) is 0 Å². The van der Waals surface area contributed by atoms with Gasteiger partial charge in [-0.1, -0.05) is 0 Å². The van der Waals surface area contributed by atoms with Crippen LogP contribution in [-0.2, 0) is 9.59 Å². The number of aliphatic carboxylic acids is 2. The molecule has 0 radical (unpaired) electrons. The number of carboxylic acid groups (broad SMARTS) is 6. The lowest BCUT2D eigenvalue weighted by Gasteiger charge is -1.94. The van der Waals surface area contributed by atoms with Gasteiger partial charge in [0.15, 0.2) is 0 Å². The number of hydrogen-bond acceptors (Lipinski definition) is 6. The molecule has 2 aromatic carbocycles. The van der Waals surface area contributed by atoms with E-state index in [9.17, 15) is 28.8 Å². The number of hydrogen-bond donors (Lipinski definition) is 6. The van der Waals surface area contributed by atoms with Crippen LogP contribution in [0.3, 0.4) is 0 Å². The zero-order chi connectivity index (χ0) is 26.3. The fraction of sp³-hybridized carbons (Fsp3) is 0.182. The van der Waals surface area contributed by atoms with Crippen molar-refractivity contribution in [2.24, 2.45) is 0 Å². The van der Waals surface area contributed by atoms with E-state index < -0.39 is 35.8 Å². The van der Waals surface area contributed by atoms with Gasteiger partial charge in [0.05, 0.1) is 22.3 Å². The van der Waals surface area contributed by atoms with Crippen LogP contribution in [0.1, 0.15) is 67.1 Å². The van der Waals surface area contributed by atoms with Crippen molar-refractivity contribution in [3.63, 3.8) is 0 Å². The van der Waals surface area contributed by atoms with Crippen molar-refractivity contribution in [1.82, 2.24) is 0 Å². The molecule has 0 aliphatic rings. The highest BCUT2D eigenvalue weighted by Gasteiger charge is 2.06. The second kappa shape index (κ2) is 15.1. The molecular formula is C22H22O12. The van der Waals surface area contributed by atoms with E-state index in [0.29, 0.717) is 12.8 Å². The molecule has 0 amide bonds. The maximum Gasteiger partial charge on any atom is 0.335 e. The summed E-state index contributed by atoms with van der Waals surface area (Å²) in [6.07, 6.45) is 1.02. The molecule has 2 aromatic rings. The maximum absolute atomic E-state index is 10.3. The molecule has 182 valence electrons. The molecule has 12 heteroatoms. The first-order valence-electron chi connectivity index (χ1n) is 9.42. The topological polar surface area (TPSA) is 224 Å². The molecule has 0 fully saturated rings. The van der Waals surface area contributed by atoms with Crippen molar-refractivity contribution >= 4 is 35.8 Å². The lowest BCUT2D eigenvalue weighted by molar-refractivity contribution is -0.139. The van der Waals surface area contributed by atoms with E-state index in [1.807, 2.05) is 0 Å². The fourth-order valence-electron chi connectivity index (χ4n) is 2.06. The summed E-state index contributed by atoms with van der Waals surface area (Å²) in [5.41, 5.74) is 0.333. The highest BCUT2D eigenvalue weighted by atomic mass is 16.4. The molecule has 0 saturated heterocycles. The second-order valence-corrected chi connectivity index (χ2v) is 6.37. The predicted octanol–water partition coefficient (Wildman–Crippen LogP) is 2.88. The largest absolute Gasteiger partial charge is 0.481 e. The third kappa shape index (κ3) is 12.8. The molecule has 6 N–H and O–H groups in total. The highest BCUT2D eigenvalue weighted by Crippen LogP contribution is 2.04. The minimum Gasteiger partial charge on any atom is -0.481 e. The molecule has 0 aliphatic heterocycles. The molecule has 34 heavy (non-hydrogen) atoms. The summed E-state index contributed by atoms with van der Waals surface area (Å²) in [7, 11) is 0. The average Bonchev–Trinajstić information content (AvgIpc) is 2.77. The summed E-state index contributed by atoms with van der Waals surface area (Å²) in [5.74, 6) is -5.99. The van der Waals surface area contributed by atoms with Crippen LogP contribution in [0.5, 0.6) is 0 Å². The van der Waals surface area contributed by atoms with E-state index >= 15 is 0 Å². The van der Waals surface area contributed by atoms with E-state index in [2.05, 4.69) is 0 Å². The van der Waals surface area contributed by atoms with E-state index in [1.165, 1.54) is 48.5 Å². The van der Waals surface area contributed by atoms with Gasteiger partial charge in [0.25, 0.3) is 0 Å². The number of aromatic carboxylic acids is 4. The summed E-state index contributed by atoms with van der Waals surface area (Å²) >= 11 is 0. The van der Waals surface area contributed by atoms with Crippen LogP contribution in [0.4, 0.5) is 0 Å². The van der Waals surface area contributed by atoms with Crippen LogP contribution in [0.15, 0.2) is 48.5 Å². The maximum atomic E-state index is 10.3. The SMILES string of the molecule is O=C(O)CCCCC(=O)O.O=C(O)c1ccc(C(=O)O)cc1.O=C(O)c1ccc(C(=O)O)cc1. The molecule has 2 rings (SSSR count). The van der Waals surface area contributed by atoms with Crippen LogP contribution in [-0.4, -0.2) is 66.5 Å².